The van der Waals surface area contributed by atoms with E-state index in [1.165, 1.54) is 5.57 Å². The van der Waals surface area contributed by atoms with E-state index in [0.717, 1.165) is 12.4 Å². The van der Waals surface area contributed by atoms with Crippen LogP contribution in [0, 0.1) is 0 Å². The van der Waals surface area contributed by atoms with Gasteiger partial charge in [0.1, 0.15) is 5.84 Å². The summed E-state index contributed by atoms with van der Waals surface area (Å²) < 4.78 is 0. The van der Waals surface area contributed by atoms with Crippen LogP contribution in [0.3, 0.4) is 0 Å². The molecule has 13 heavy (non-hydrogen) atoms. The smallest absolute Gasteiger partial charge is 0.130 e. The number of hydrogen-bond acceptors (Lipinski definition) is 2. The zero-order valence-electron chi connectivity index (χ0n) is 8.91. The van der Waals surface area contributed by atoms with Gasteiger partial charge in [0.15, 0.2) is 0 Å². The second-order valence-corrected chi connectivity index (χ2v) is 3.15. The minimum atomic E-state index is 0.455. The van der Waals surface area contributed by atoms with Crippen LogP contribution in [0.5, 0.6) is 0 Å². The number of fused-ring (bicyclic) bond motifs is 1. The number of amidine groups is 1. The van der Waals surface area contributed by atoms with E-state index < -0.39 is 0 Å². The van der Waals surface area contributed by atoms with Crippen LogP contribution in [-0.4, -0.2) is 23.3 Å². The van der Waals surface area contributed by atoms with Gasteiger partial charge in [-0.15, -0.1) is 0 Å². The van der Waals surface area contributed by atoms with Crippen molar-refractivity contribution in [3.05, 3.63) is 23.9 Å². The molecule has 0 N–H and O–H groups in total. The van der Waals surface area contributed by atoms with E-state index in [4.69, 9.17) is 0 Å². The quantitative estimate of drug-likeness (QED) is 0.556. The number of allylic oxidation sites excluding steroid dienone is 2. The van der Waals surface area contributed by atoms with Crippen LogP contribution in [0.2, 0.25) is 0 Å². The summed E-state index contributed by atoms with van der Waals surface area (Å²) in [5.74, 6) is 1.15. The molecule has 0 fully saturated rings. The van der Waals surface area contributed by atoms with E-state index in [-0.39, 0.29) is 0 Å². The van der Waals surface area contributed by atoms with Gasteiger partial charge in [0.2, 0.25) is 0 Å². The molecule has 0 bridgehead atoms. The molecule has 0 aliphatic carbocycles. The molecular formula is C11H18N2. The van der Waals surface area contributed by atoms with E-state index in [2.05, 4.69) is 42.1 Å². The van der Waals surface area contributed by atoms with Crippen LogP contribution in [0.1, 0.15) is 27.7 Å². The zero-order chi connectivity index (χ0) is 9.84. The lowest BCUT2D eigenvalue weighted by Crippen LogP contribution is -2.25. The lowest BCUT2D eigenvalue weighted by atomic mass is 10.2. The first kappa shape index (κ1) is 10.0. The van der Waals surface area contributed by atoms with E-state index in [1.54, 1.807) is 0 Å². The van der Waals surface area contributed by atoms with Crippen molar-refractivity contribution in [2.45, 2.75) is 33.7 Å². The number of hydrogen-bond donors (Lipinski definition) is 0. The first-order valence-electron chi connectivity index (χ1n) is 4.97. The van der Waals surface area contributed by atoms with Gasteiger partial charge in [-0.3, -0.25) is 4.99 Å². The van der Waals surface area contributed by atoms with Gasteiger partial charge < -0.3 is 4.90 Å². The summed E-state index contributed by atoms with van der Waals surface area (Å²) in [6.45, 7) is 9.29. The average molecular weight is 178 g/mol. The molecule has 2 heterocycles. The largest absolute Gasteiger partial charge is 0.331 e. The summed E-state index contributed by atoms with van der Waals surface area (Å²) in [6.07, 6.45) is 6.27. The summed E-state index contributed by atoms with van der Waals surface area (Å²) in [6, 6.07) is 0.455. The number of nitrogens with zero attached hydrogens (tertiary/aromatic N) is 2. The molecule has 0 amide bonds. The van der Waals surface area contributed by atoms with Gasteiger partial charge in [-0.25, -0.2) is 0 Å². The molecule has 2 rings (SSSR count). The SMILES string of the molecule is CC.CC1=CC=CN2CC(C)N=C12. The van der Waals surface area contributed by atoms with Crippen molar-refractivity contribution >= 4 is 5.84 Å². The number of aliphatic imine (C=N–C) groups is 1. The highest BCUT2D eigenvalue weighted by atomic mass is 15.2. The highest BCUT2D eigenvalue weighted by Crippen LogP contribution is 2.17. The monoisotopic (exact) mass is 178 g/mol. The average Bonchev–Trinajstić information content (AvgIpc) is 2.51. The highest BCUT2D eigenvalue weighted by molar-refractivity contribution is 6.00. The third-order valence-electron chi connectivity index (χ3n) is 2.04. The van der Waals surface area contributed by atoms with Crippen molar-refractivity contribution in [2.75, 3.05) is 6.54 Å². The van der Waals surface area contributed by atoms with E-state index >= 15 is 0 Å². The molecule has 0 saturated heterocycles. The summed E-state index contributed by atoms with van der Waals surface area (Å²) in [5.41, 5.74) is 1.27. The lowest BCUT2D eigenvalue weighted by Gasteiger charge is -2.18. The van der Waals surface area contributed by atoms with Crippen molar-refractivity contribution in [1.82, 2.24) is 4.90 Å². The molecule has 2 aliphatic rings. The Morgan fingerprint density at radius 3 is 2.77 bits per heavy atom. The zero-order valence-corrected chi connectivity index (χ0v) is 8.91. The topological polar surface area (TPSA) is 15.6 Å². The summed E-state index contributed by atoms with van der Waals surface area (Å²) in [4.78, 5) is 6.72. The van der Waals surface area contributed by atoms with Crippen LogP contribution in [0.25, 0.3) is 0 Å². The number of rotatable bonds is 0. The Labute approximate surface area is 80.7 Å². The molecule has 2 heteroatoms. The summed E-state index contributed by atoms with van der Waals surface area (Å²) in [5, 5.41) is 0. The molecule has 1 atom stereocenters. The molecule has 0 radical (unpaired) electrons. The van der Waals surface area contributed by atoms with Crippen LogP contribution in [0.4, 0.5) is 0 Å². The normalized spacial score (nSPS) is 24.3. The minimum absolute atomic E-state index is 0.455. The standard InChI is InChI=1S/C9H12N2.C2H6/c1-7-4-3-5-11-6-8(2)10-9(7)11;1-2/h3-5,8H,6H2,1-2H3;1-2H3. The molecule has 1 unspecified atom stereocenters. The van der Waals surface area contributed by atoms with Crippen LogP contribution < -0.4 is 0 Å². The molecule has 2 aliphatic heterocycles. The Morgan fingerprint density at radius 1 is 1.46 bits per heavy atom. The van der Waals surface area contributed by atoms with Gasteiger partial charge in [0, 0.05) is 12.7 Å². The van der Waals surface area contributed by atoms with Crippen LogP contribution in [-0.2, 0) is 0 Å². The van der Waals surface area contributed by atoms with Crippen molar-refractivity contribution in [3.63, 3.8) is 0 Å². The highest BCUT2D eigenvalue weighted by Gasteiger charge is 2.22. The summed E-state index contributed by atoms with van der Waals surface area (Å²) >= 11 is 0. The maximum atomic E-state index is 4.51. The van der Waals surface area contributed by atoms with Crippen LogP contribution in [0.15, 0.2) is 28.9 Å². The van der Waals surface area contributed by atoms with Crippen LogP contribution >= 0.6 is 0 Å². The Balaban J connectivity index is 0.000000396. The predicted octanol–water partition coefficient (Wildman–Crippen LogP) is 2.59. The van der Waals surface area contributed by atoms with Gasteiger partial charge in [0.25, 0.3) is 0 Å². The minimum Gasteiger partial charge on any atom is -0.331 e. The third kappa shape index (κ3) is 2.00. The first-order chi connectivity index (χ1) is 6.27. The van der Waals surface area contributed by atoms with Gasteiger partial charge in [-0.1, -0.05) is 19.9 Å². The lowest BCUT2D eigenvalue weighted by molar-refractivity contribution is 0.555. The second-order valence-electron chi connectivity index (χ2n) is 3.15. The van der Waals surface area contributed by atoms with Gasteiger partial charge >= 0.3 is 0 Å². The van der Waals surface area contributed by atoms with Crippen molar-refractivity contribution in [3.8, 4) is 0 Å². The maximum absolute atomic E-state index is 4.51. The van der Waals surface area contributed by atoms with Crippen molar-refractivity contribution in [1.29, 1.82) is 0 Å². The molecule has 0 aromatic rings. The molecular weight excluding hydrogens is 160 g/mol. The molecule has 0 saturated carbocycles. The molecule has 72 valence electrons. The maximum Gasteiger partial charge on any atom is 0.130 e. The van der Waals surface area contributed by atoms with Gasteiger partial charge in [-0.05, 0) is 25.5 Å². The fraction of sp³-hybridized carbons (Fsp3) is 0.545. The van der Waals surface area contributed by atoms with E-state index in [0.29, 0.717) is 6.04 Å². The Kier molecular flexibility index (Phi) is 3.29. The molecule has 2 nitrogen and oxygen atoms in total. The summed E-state index contributed by atoms with van der Waals surface area (Å²) in [7, 11) is 0. The van der Waals surface area contributed by atoms with Gasteiger partial charge in [-0.2, -0.15) is 0 Å². The Morgan fingerprint density at radius 2 is 2.15 bits per heavy atom. The molecule has 0 aromatic heterocycles. The van der Waals surface area contributed by atoms with Crippen molar-refractivity contribution < 1.29 is 0 Å². The van der Waals surface area contributed by atoms with E-state index in [1.807, 2.05) is 13.8 Å². The molecule has 0 spiro atoms. The Hall–Kier alpha value is -1.05. The Bertz CT molecular complexity index is 261. The second kappa shape index (κ2) is 4.26. The predicted molar refractivity (Wildman–Crippen MR) is 57.8 cm³/mol. The third-order valence-corrected chi connectivity index (χ3v) is 2.04. The first-order valence-corrected chi connectivity index (χ1v) is 4.97. The fourth-order valence-corrected chi connectivity index (χ4v) is 1.52. The molecule has 0 aromatic carbocycles. The van der Waals surface area contributed by atoms with Crippen molar-refractivity contribution in [2.24, 2.45) is 4.99 Å². The van der Waals surface area contributed by atoms with Gasteiger partial charge in [0.05, 0.1) is 6.04 Å². The fourth-order valence-electron chi connectivity index (χ4n) is 1.52. The van der Waals surface area contributed by atoms with E-state index in [9.17, 15) is 0 Å².